The first kappa shape index (κ1) is 21.4. The van der Waals surface area contributed by atoms with E-state index in [1.807, 2.05) is 30.3 Å². The molecule has 0 bridgehead atoms. The zero-order chi connectivity index (χ0) is 20.8. The summed E-state index contributed by atoms with van der Waals surface area (Å²) in [4.78, 5) is 7.95. The Morgan fingerprint density at radius 3 is 2.21 bits per heavy atom. The van der Waals surface area contributed by atoms with E-state index in [2.05, 4.69) is 10.1 Å². The van der Waals surface area contributed by atoms with Crippen LogP contribution in [-0.4, -0.2) is 59.9 Å². The Balaban J connectivity index is 1.81. The van der Waals surface area contributed by atoms with E-state index in [0.29, 0.717) is 29.4 Å². The SMILES string of the molecule is COc1cc(C2=NOC(c3cc(OC)c(OC)c(OC)c3)C2)ccc1O[CH2][Sn][CH3]. The molecular weight excluding hydrogens is 481 g/mol. The summed E-state index contributed by atoms with van der Waals surface area (Å²) in [5.74, 6) is 3.19. The molecule has 2 radical (unpaired) electrons. The molecule has 8 heteroatoms. The summed E-state index contributed by atoms with van der Waals surface area (Å²) in [6, 6.07) is 9.63. The van der Waals surface area contributed by atoms with Crippen molar-refractivity contribution in [2.45, 2.75) is 17.5 Å². The molecule has 7 nitrogen and oxygen atoms in total. The van der Waals surface area contributed by atoms with Gasteiger partial charge >= 0.3 is 140 Å². The predicted molar refractivity (Wildman–Crippen MR) is 111 cm³/mol. The summed E-state index contributed by atoms with van der Waals surface area (Å²) in [5.41, 5.74) is 2.69. The fourth-order valence-corrected chi connectivity index (χ4v) is 3.99. The minimum atomic E-state index is -0.431. The molecule has 0 saturated heterocycles. The molecule has 0 N–H and O–H groups in total. The maximum atomic E-state index is 5.80. The van der Waals surface area contributed by atoms with Gasteiger partial charge in [0.25, 0.3) is 0 Å². The number of nitrogens with zero attached hydrogens (tertiary/aromatic N) is 1. The monoisotopic (exact) mass is 507 g/mol. The van der Waals surface area contributed by atoms with Crippen molar-refractivity contribution in [3.8, 4) is 28.7 Å². The van der Waals surface area contributed by atoms with Crippen LogP contribution in [0.1, 0.15) is 23.7 Å². The van der Waals surface area contributed by atoms with E-state index in [9.17, 15) is 0 Å². The fraction of sp³-hybridized carbons (Fsp3) is 0.381. The topological polar surface area (TPSA) is 67.7 Å². The van der Waals surface area contributed by atoms with E-state index < -0.39 is 21.1 Å². The molecule has 1 heterocycles. The van der Waals surface area contributed by atoms with Crippen molar-refractivity contribution >= 4 is 26.9 Å². The Bertz CT molecular complexity index is 860. The number of hydrogen-bond donors (Lipinski definition) is 0. The third-order valence-corrected chi connectivity index (χ3v) is 5.83. The van der Waals surface area contributed by atoms with Gasteiger partial charge in [-0.05, 0) is 0 Å². The molecule has 29 heavy (non-hydrogen) atoms. The summed E-state index contributed by atoms with van der Waals surface area (Å²) in [7, 11) is 6.41. The van der Waals surface area contributed by atoms with Crippen LogP contribution in [0.3, 0.4) is 0 Å². The summed E-state index contributed by atoms with van der Waals surface area (Å²) in [5, 5.41) is 4.30. The van der Waals surface area contributed by atoms with Crippen LogP contribution in [0.4, 0.5) is 0 Å². The van der Waals surface area contributed by atoms with Gasteiger partial charge in [0.1, 0.15) is 0 Å². The van der Waals surface area contributed by atoms with Crippen LogP contribution in [0, 0.1) is 0 Å². The van der Waals surface area contributed by atoms with Crippen molar-refractivity contribution < 1.29 is 28.5 Å². The first-order valence-corrected chi connectivity index (χ1v) is 14.0. The van der Waals surface area contributed by atoms with Crippen molar-refractivity contribution in [2.24, 2.45) is 5.16 Å². The van der Waals surface area contributed by atoms with Crippen molar-refractivity contribution in [3.05, 3.63) is 41.5 Å². The third-order valence-electron chi connectivity index (χ3n) is 4.60. The second-order valence-electron chi connectivity index (χ2n) is 6.30. The number of benzene rings is 2. The Hall–Kier alpha value is -2.29. The summed E-state index contributed by atoms with van der Waals surface area (Å²) >= 11 is -0.431. The second-order valence-corrected chi connectivity index (χ2v) is 9.14. The molecule has 0 aliphatic carbocycles. The van der Waals surface area contributed by atoms with Crippen molar-refractivity contribution in [1.29, 1.82) is 0 Å². The van der Waals surface area contributed by atoms with Crippen LogP contribution < -0.4 is 23.7 Å². The van der Waals surface area contributed by atoms with Crippen LogP contribution in [-0.2, 0) is 4.84 Å². The third kappa shape index (κ3) is 4.66. The molecule has 1 aliphatic heterocycles. The molecule has 1 atom stereocenters. The summed E-state index contributed by atoms with van der Waals surface area (Å²) in [6.07, 6.45) is 0.374. The first-order chi connectivity index (χ1) is 14.1. The Labute approximate surface area is 181 Å². The van der Waals surface area contributed by atoms with E-state index in [0.717, 1.165) is 27.2 Å². The van der Waals surface area contributed by atoms with Crippen LogP contribution in [0.25, 0.3) is 0 Å². The Morgan fingerprint density at radius 1 is 0.931 bits per heavy atom. The Morgan fingerprint density at radius 2 is 1.62 bits per heavy atom. The molecule has 0 fully saturated rings. The van der Waals surface area contributed by atoms with Crippen LogP contribution >= 0.6 is 0 Å². The van der Waals surface area contributed by atoms with Gasteiger partial charge in [0, 0.05) is 0 Å². The average molecular weight is 506 g/mol. The fourth-order valence-electron chi connectivity index (χ4n) is 3.13. The number of rotatable bonds is 9. The molecule has 0 spiro atoms. The number of oxime groups is 1. The Kier molecular flexibility index (Phi) is 7.35. The molecule has 2 aromatic carbocycles. The van der Waals surface area contributed by atoms with Gasteiger partial charge in [-0.1, -0.05) is 0 Å². The van der Waals surface area contributed by atoms with Gasteiger partial charge in [-0.25, -0.2) is 0 Å². The quantitative estimate of drug-likeness (QED) is 0.484. The minimum absolute atomic E-state index is 0.243. The van der Waals surface area contributed by atoms with E-state index in [1.54, 1.807) is 28.4 Å². The van der Waals surface area contributed by atoms with Gasteiger partial charge < -0.3 is 14.2 Å². The van der Waals surface area contributed by atoms with Crippen LogP contribution in [0.5, 0.6) is 28.7 Å². The van der Waals surface area contributed by atoms with Crippen molar-refractivity contribution in [2.75, 3.05) is 33.1 Å². The van der Waals surface area contributed by atoms with Gasteiger partial charge in [-0.15, -0.1) is 0 Å². The molecule has 3 rings (SSSR count). The molecule has 1 aliphatic rings. The van der Waals surface area contributed by atoms with Crippen LogP contribution in [0.2, 0.25) is 4.94 Å². The normalized spacial score (nSPS) is 15.3. The standard InChI is InChI=1S/C20H22NO6.CH3.Sn/c1-22-15-7-6-12(8-17(15)23-2)14-11-16(27-21-14)13-9-18(24-3)20(26-5)19(10-13)25-4;;/h6-10,16H,1,11H2,2-5H3;1H3;. The number of methoxy groups -OCH3 is 4. The molecule has 1 unspecified atom stereocenters. The zero-order valence-electron chi connectivity index (χ0n) is 17.3. The first-order valence-electron chi connectivity index (χ1n) is 9.13. The summed E-state index contributed by atoms with van der Waals surface area (Å²) < 4.78 is 28.4. The average Bonchev–Trinajstić information content (AvgIpc) is 3.26. The number of ether oxygens (including phenoxy) is 5. The van der Waals surface area contributed by atoms with Crippen LogP contribution in [0.15, 0.2) is 35.5 Å². The van der Waals surface area contributed by atoms with Gasteiger partial charge in [0.2, 0.25) is 5.75 Å². The van der Waals surface area contributed by atoms with Gasteiger partial charge in [-0.2, -0.15) is 0 Å². The molecule has 0 amide bonds. The van der Waals surface area contributed by atoms with Crippen molar-refractivity contribution in [1.82, 2.24) is 0 Å². The van der Waals surface area contributed by atoms with Crippen molar-refractivity contribution in [3.63, 3.8) is 0 Å². The molecule has 0 saturated carbocycles. The molecule has 2 aromatic rings. The maximum absolute atomic E-state index is 5.80. The molecule has 154 valence electrons. The van der Waals surface area contributed by atoms with Gasteiger partial charge in [0.05, 0.1) is 21.3 Å². The van der Waals surface area contributed by atoms with Gasteiger partial charge in [-0.3, -0.25) is 0 Å². The van der Waals surface area contributed by atoms with E-state index in [1.165, 1.54) is 0 Å². The van der Waals surface area contributed by atoms with E-state index >= 15 is 0 Å². The number of hydrogen-bond acceptors (Lipinski definition) is 7. The van der Waals surface area contributed by atoms with E-state index in [-0.39, 0.29) is 6.10 Å². The van der Waals surface area contributed by atoms with Gasteiger partial charge in [0.15, 0.2) is 0 Å². The summed E-state index contributed by atoms with van der Waals surface area (Å²) in [6.45, 7) is 0. The van der Waals surface area contributed by atoms with E-state index in [4.69, 9.17) is 28.5 Å². The second kappa shape index (κ2) is 9.95. The molecule has 0 aromatic heterocycles. The zero-order valence-corrected chi connectivity index (χ0v) is 20.1. The predicted octanol–water partition coefficient (Wildman–Crippen LogP) is 3.68. The molecular formula is C21H25NO6Sn.